The van der Waals surface area contributed by atoms with E-state index in [9.17, 15) is 14.7 Å². The third-order valence-electron chi connectivity index (χ3n) is 3.02. The lowest BCUT2D eigenvalue weighted by molar-refractivity contribution is -0.141. The van der Waals surface area contributed by atoms with Gasteiger partial charge < -0.3 is 15.3 Å². The molecule has 0 spiro atoms. The lowest BCUT2D eigenvalue weighted by Gasteiger charge is -2.32. The largest absolute Gasteiger partial charge is 0.480 e. The van der Waals surface area contributed by atoms with Crippen LogP contribution in [0.1, 0.15) is 0 Å². The van der Waals surface area contributed by atoms with Crippen molar-refractivity contribution in [2.45, 2.75) is 10.9 Å². The van der Waals surface area contributed by atoms with Gasteiger partial charge in [-0.3, -0.25) is 0 Å². The number of thioether (sulfide) groups is 2. The third kappa shape index (κ3) is 3.40. The van der Waals surface area contributed by atoms with E-state index in [0.717, 1.165) is 10.6 Å². The Balaban J connectivity index is 2.12. The predicted molar refractivity (Wildman–Crippen MR) is 82.7 cm³/mol. The molecule has 1 heterocycles. The SMILES string of the molecule is CSc1ccccc1NC(=O)N1CCSCC1C(=O)O. The number of benzene rings is 1. The average Bonchev–Trinajstić information content (AvgIpc) is 2.47. The van der Waals surface area contributed by atoms with E-state index in [1.807, 2.05) is 30.5 Å². The van der Waals surface area contributed by atoms with Gasteiger partial charge in [0, 0.05) is 22.9 Å². The number of rotatable bonds is 3. The second kappa shape index (κ2) is 6.90. The van der Waals surface area contributed by atoms with Crippen LogP contribution in [0.2, 0.25) is 0 Å². The first-order valence-electron chi connectivity index (χ1n) is 6.14. The monoisotopic (exact) mass is 312 g/mol. The van der Waals surface area contributed by atoms with Crippen LogP contribution in [-0.4, -0.2) is 52.4 Å². The molecule has 108 valence electrons. The minimum absolute atomic E-state index is 0.348. The molecule has 1 fully saturated rings. The van der Waals surface area contributed by atoms with Crippen molar-refractivity contribution in [1.82, 2.24) is 4.90 Å². The lowest BCUT2D eigenvalue weighted by atomic mass is 10.3. The number of carboxylic acid groups (broad SMARTS) is 1. The van der Waals surface area contributed by atoms with E-state index in [4.69, 9.17) is 0 Å². The maximum Gasteiger partial charge on any atom is 0.327 e. The number of aliphatic carboxylic acids is 1. The highest BCUT2D eigenvalue weighted by Gasteiger charge is 2.32. The fraction of sp³-hybridized carbons (Fsp3) is 0.385. The summed E-state index contributed by atoms with van der Waals surface area (Å²) in [6.45, 7) is 0.453. The summed E-state index contributed by atoms with van der Waals surface area (Å²) in [6, 6.07) is 6.38. The number of hydrogen-bond donors (Lipinski definition) is 2. The van der Waals surface area contributed by atoms with E-state index < -0.39 is 12.0 Å². The first-order valence-corrected chi connectivity index (χ1v) is 8.52. The standard InChI is InChI=1S/C13H16N2O3S2/c1-19-11-5-3-2-4-9(11)14-13(18)15-6-7-20-8-10(15)12(16)17/h2-5,10H,6-8H2,1H3,(H,14,18)(H,16,17). The van der Waals surface area contributed by atoms with Crippen molar-refractivity contribution in [2.75, 3.05) is 29.6 Å². The Labute approximate surface area is 126 Å². The summed E-state index contributed by atoms with van der Waals surface area (Å²) in [5.74, 6) is 0.249. The van der Waals surface area contributed by atoms with Crippen molar-refractivity contribution in [3.8, 4) is 0 Å². The van der Waals surface area contributed by atoms with Gasteiger partial charge in [-0.05, 0) is 18.4 Å². The molecule has 0 saturated carbocycles. The highest BCUT2D eigenvalue weighted by Crippen LogP contribution is 2.25. The maximum atomic E-state index is 12.3. The Morgan fingerprint density at radius 3 is 2.90 bits per heavy atom. The molecular weight excluding hydrogens is 296 g/mol. The van der Waals surface area contributed by atoms with Gasteiger partial charge >= 0.3 is 12.0 Å². The zero-order valence-electron chi connectivity index (χ0n) is 11.0. The number of hydrogen-bond acceptors (Lipinski definition) is 4. The molecule has 0 aliphatic carbocycles. The number of anilines is 1. The topological polar surface area (TPSA) is 69.6 Å². The van der Waals surface area contributed by atoms with Gasteiger partial charge in [0.15, 0.2) is 0 Å². The molecule has 1 aliphatic heterocycles. The molecule has 1 aromatic rings. The van der Waals surface area contributed by atoms with Crippen molar-refractivity contribution in [2.24, 2.45) is 0 Å². The Bertz CT molecular complexity index is 510. The number of urea groups is 1. The number of nitrogens with zero attached hydrogens (tertiary/aromatic N) is 1. The predicted octanol–water partition coefficient (Wildman–Crippen LogP) is 2.44. The fourth-order valence-corrected chi connectivity index (χ4v) is 3.58. The fourth-order valence-electron chi connectivity index (χ4n) is 1.99. The smallest absolute Gasteiger partial charge is 0.327 e. The Morgan fingerprint density at radius 2 is 2.20 bits per heavy atom. The summed E-state index contributed by atoms with van der Waals surface area (Å²) in [5, 5.41) is 12.0. The van der Waals surface area contributed by atoms with Crippen molar-refractivity contribution in [3.05, 3.63) is 24.3 Å². The van der Waals surface area contributed by atoms with Crippen molar-refractivity contribution >= 4 is 41.2 Å². The summed E-state index contributed by atoms with van der Waals surface area (Å²) in [7, 11) is 0. The van der Waals surface area contributed by atoms with Gasteiger partial charge in [-0.25, -0.2) is 9.59 Å². The molecule has 5 nitrogen and oxygen atoms in total. The summed E-state index contributed by atoms with van der Waals surface area (Å²) in [4.78, 5) is 25.8. The first kappa shape index (κ1) is 15.1. The van der Waals surface area contributed by atoms with Gasteiger partial charge in [-0.2, -0.15) is 11.8 Å². The van der Waals surface area contributed by atoms with E-state index in [2.05, 4.69) is 5.32 Å². The number of nitrogens with one attached hydrogen (secondary N) is 1. The first-order chi connectivity index (χ1) is 9.63. The van der Waals surface area contributed by atoms with Crippen molar-refractivity contribution < 1.29 is 14.7 Å². The summed E-state index contributed by atoms with van der Waals surface area (Å²) >= 11 is 3.10. The van der Waals surface area contributed by atoms with Gasteiger partial charge in [0.25, 0.3) is 0 Å². The molecule has 1 atom stereocenters. The van der Waals surface area contributed by atoms with Crippen LogP contribution in [0.3, 0.4) is 0 Å². The molecule has 0 aromatic heterocycles. The van der Waals surface area contributed by atoms with Crippen LogP contribution in [0.15, 0.2) is 29.2 Å². The highest BCUT2D eigenvalue weighted by molar-refractivity contribution is 7.99. The zero-order chi connectivity index (χ0) is 14.5. The van der Waals surface area contributed by atoms with E-state index in [1.165, 1.54) is 16.7 Å². The molecule has 7 heteroatoms. The number of carboxylic acids is 1. The molecule has 2 amide bonds. The molecule has 1 unspecified atom stereocenters. The third-order valence-corrected chi connectivity index (χ3v) is 4.84. The number of carbonyl (C=O) groups is 2. The minimum atomic E-state index is -0.953. The van der Waals surface area contributed by atoms with Crippen LogP contribution in [0.5, 0.6) is 0 Å². The lowest BCUT2D eigenvalue weighted by Crippen LogP contribution is -2.51. The zero-order valence-corrected chi connectivity index (χ0v) is 12.7. The molecule has 1 aromatic carbocycles. The van der Waals surface area contributed by atoms with Crippen LogP contribution in [0.25, 0.3) is 0 Å². The van der Waals surface area contributed by atoms with Gasteiger partial charge in [0.05, 0.1) is 5.69 Å². The molecule has 1 aliphatic rings. The van der Waals surface area contributed by atoms with Gasteiger partial charge in [0.1, 0.15) is 6.04 Å². The van der Waals surface area contributed by atoms with Crippen LogP contribution < -0.4 is 5.32 Å². The summed E-state index contributed by atoms with van der Waals surface area (Å²) < 4.78 is 0. The van der Waals surface area contributed by atoms with Crippen molar-refractivity contribution in [1.29, 1.82) is 0 Å². The Morgan fingerprint density at radius 1 is 1.45 bits per heavy atom. The normalized spacial score (nSPS) is 18.6. The van der Waals surface area contributed by atoms with Crippen LogP contribution in [-0.2, 0) is 4.79 Å². The molecule has 2 rings (SSSR count). The molecular formula is C13H16N2O3S2. The highest BCUT2D eigenvalue weighted by atomic mass is 32.2. The molecule has 0 bridgehead atoms. The van der Waals surface area contributed by atoms with E-state index in [-0.39, 0.29) is 6.03 Å². The molecule has 20 heavy (non-hydrogen) atoms. The molecule has 0 radical (unpaired) electrons. The van der Waals surface area contributed by atoms with Crippen LogP contribution >= 0.6 is 23.5 Å². The summed E-state index contributed by atoms with van der Waals surface area (Å²) in [6.07, 6.45) is 1.93. The quantitative estimate of drug-likeness (QED) is 0.839. The Hall–Kier alpha value is -1.34. The summed E-state index contributed by atoms with van der Waals surface area (Å²) in [5.41, 5.74) is 0.715. The second-order valence-electron chi connectivity index (χ2n) is 4.25. The number of carbonyl (C=O) groups excluding carboxylic acids is 1. The number of para-hydroxylation sites is 1. The van der Waals surface area contributed by atoms with Crippen molar-refractivity contribution in [3.63, 3.8) is 0 Å². The minimum Gasteiger partial charge on any atom is -0.480 e. The molecule has 1 saturated heterocycles. The Kier molecular flexibility index (Phi) is 5.19. The maximum absolute atomic E-state index is 12.3. The average molecular weight is 312 g/mol. The second-order valence-corrected chi connectivity index (χ2v) is 6.25. The van der Waals surface area contributed by atoms with E-state index >= 15 is 0 Å². The molecule has 2 N–H and O–H groups in total. The van der Waals surface area contributed by atoms with Gasteiger partial charge in [-0.15, -0.1) is 11.8 Å². The van der Waals surface area contributed by atoms with Crippen LogP contribution in [0, 0.1) is 0 Å². The van der Waals surface area contributed by atoms with Crippen LogP contribution in [0.4, 0.5) is 10.5 Å². The van der Waals surface area contributed by atoms with E-state index in [0.29, 0.717) is 18.0 Å². The number of amides is 2. The van der Waals surface area contributed by atoms with E-state index in [1.54, 1.807) is 11.8 Å². The van der Waals surface area contributed by atoms with Gasteiger partial charge in [-0.1, -0.05) is 12.1 Å². The van der Waals surface area contributed by atoms with Gasteiger partial charge in [0.2, 0.25) is 0 Å².